The second-order valence-corrected chi connectivity index (χ2v) is 5.40. The minimum atomic E-state index is -0.835. The standard InChI is InChI=1S/C18H13N5O2/c19-18(24)25-14-3-1-11(2-4-14)12-7-13(9-20-8-12)15-5-6-21-17-16(15)10-22-23-17/h1-10H,(H2,19,24)(H,21,22,23). The summed E-state index contributed by atoms with van der Waals surface area (Å²) < 4.78 is 4.84. The molecule has 0 unspecified atom stereocenters. The number of carbonyl (C=O) groups excluding carboxylic acids is 1. The molecule has 1 amide bonds. The third kappa shape index (κ3) is 2.90. The maximum Gasteiger partial charge on any atom is 0.409 e. The molecule has 0 radical (unpaired) electrons. The predicted octanol–water partition coefficient (Wildman–Crippen LogP) is 3.14. The fourth-order valence-corrected chi connectivity index (χ4v) is 2.68. The number of hydrogen-bond acceptors (Lipinski definition) is 5. The first-order valence-electron chi connectivity index (χ1n) is 7.52. The van der Waals surface area contributed by atoms with Gasteiger partial charge in [-0.3, -0.25) is 10.1 Å². The number of pyridine rings is 2. The first-order chi connectivity index (χ1) is 12.2. The van der Waals surface area contributed by atoms with Crippen LogP contribution in [-0.2, 0) is 0 Å². The van der Waals surface area contributed by atoms with Gasteiger partial charge in [-0.15, -0.1) is 0 Å². The molecule has 0 bridgehead atoms. The van der Waals surface area contributed by atoms with Crippen molar-refractivity contribution in [1.29, 1.82) is 0 Å². The molecule has 0 saturated carbocycles. The van der Waals surface area contributed by atoms with Gasteiger partial charge in [0.2, 0.25) is 0 Å². The average Bonchev–Trinajstić information content (AvgIpc) is 3.11. The van der Waals surface area contributed by atoms with Gasteiger partial charge in [-0.25, -0.2) is 9.78 Å². The fraction of sp³-hybridized carbons (Fsp3) is 0. The van der Waals surface area contributed by atoms with Crippen molar-refractivity contribution in [2.24, 2.45) is 5.73 Å². The van der Waals surface area contributed by atoms with Gasteiger partial charge >= 0.3 is 6.09 Å². The molecule has 4 rings (SSSR count). The highest BCUT2D eigenvalue weighted by Gasteiger charge is 2.08. The third-order valence-electron chi connectivity index (χ3n) is 3.81. The van der Waals surface area contributed by atoms with E-state index in [9.17, 15) is 4.79 Å². The van der Waals surface area contributed by atoms with E-state index in [0.717, 1.165) is 33.3 Å². The highest BCUT2D eigenvalue weighted by atomic mass is 16.5. The summed E-state index contributed by atoms with van der Waals surface area (Å²) in [7, 11) is 0. The Morgan fingerprint density at radius 1 is 1.00 bits per heavy atom. The normalized spacial score (nSPS) is 10.7. The zero-order chi connectivity index (χ0) is 17.2. The minimum absolute atomic E-state index is 0.398. The SMILES string of the molecule is NC(=O)Oc1ccc(-c2cncc(-c3ccnc4[nH]ncc34)c2)cc1. The molecule has 3 N–H and O–H groups in total. The van der Waals surface area contributed by atoms with Gasteiger partial charge in [-0.2, -0.15) is 5.10 Å². The molecule has 0 aliphatic carbocycles. The van der Waals surface area contributed by atoms with Crippen LogP contribution in [0.25, 0.3) is 33.3 Å². The molecule has 0 fully saturated rings. The summed E-state index contributed by atoms with van der Waals surface area (Å²) in [6.45, 7) is 0. The van der Waals surface area contributed by atoms with Crippen molar-refractivity contribution in [2.45, 2.75) is 0 Å². The number of benzene rings is 1. The molecule has 7 nitrogen and oxygen atoms in total. The number of primary amides is 1. The van der Waals surface area contributed by atoms with Gasteiger partial charge in [0.25, 0.3) is 0 Å². The van der Waals surface area contributed by atoms with Crippen molar-refractivity contribution < 1.29 is 9.53 Å². The Labute approximate surface area is 142 Å². The lowest BCUT2D eigenvalue weighted by atomic mass is 10.0. The number of H-pyrrole nitrogens is 1. The van der Waals surface area contributed by atoms with Crippen LogP contribution in [0.3, 0.4) is 0 Å². The Kier molecular flexibility index (Phi) is 3.59. The summed E-state index contributed by atoms with van der Waals surface area (Å²) in [6.07, 6.45) is 6.23. The number of fused-ring (bicyclic) bond motifs is 1. The zero-order valence-electron chi connectivity index (χ0n) is 13.0. The number of hydrogen-bond donors (Lipinski definition) is 2. The largest absolute Gasteiger partial charge is 0.411 e. The van der Waals surface area contributed by atoms with Gasteiger partial charge in [0.05, 0.1) is 6.20 Å². The van der Waals surface area contributed by atoms with Crippen molar-refractivity contribution in [3.8, 4) is 28.0 Å². The van der Waals surface area contributed by atoms with E-state index in [4.69, 9.17) is 10.5 Å². The number of nitrogens with two attached hydrogens (primary N) is 1. The third-order valence-corrected chi connectivity index (χ3v) is 3.81. The van der Waals surface area contributed by atoms with Crippen LogP contribution in [-0.4, -0.2) is 26.3 Å². The molecule has 3 heterocycles. The van der Waals surface area contributed by atoms with Gasteiger partial charge in [0, 0.05) is 35.1 Å². The Bertz CT molecular complexity index is 1060. The Balaban J connectivity index is 1.72. The number of aromatic nitrogens is 4. The summed E-state index contributed by atoms with van der Waals surface area (Å²) in [4.78, 5) is 19.4. The van der Waals surface area contributed by atoms with E-state index in [1.165, 1.54) is 0 Å². The molecular weight excluding hydrogens is 318 g/mol. The van der Waals surface area contributed by atoms with E-state index >= 15 is 0 Å². The lowest BCUT2D eigenvalue weighted by Gasteiger charge is -2.07. The zero-order valence-corrected chi connectivity index (χ0v) is 13.0. The van der Waals surface area contributed by atoms with Crippen molar-refractivity contribution >= 4 is 17.1 Å². The van der Waals surface area contributed by atoms with Crippen LogP contribution in [0.15, 0.2) is 61.2 Å². The summed E-state index contributed by atoms with van der Waals surface area (Å²) in [6, 6.07) is 11.0. The molecule has 0 spiro atoms. The Morgan fingerprint density at radius 3 is 2.60 bits per heavy atom. The molecule has 3 aromatic heterocycles. The maximum atomic E-state index is 10.8. The van der Waals surface area contributed by atoms with Crippen LogP contribution in [0.2, 0.25) is 0 Å². The molecular formula is C18H13N5O2. The number of ether oxygens (including phenoxy) is 1. The first-order valence-corrected chi connectivity index (χ1v) is 7.52. The summed E-state index contributed by atoms with van der Waals surface area (Å²) in [5.74, 6) is 0.398. The van der Waals surface area contributed by atoms with Crippen LogP contribution >= 0.6 is 0 Å². The lowest BCUT2D eigenvalue weighted by Crippen LogP contribution is -2.16. The van der Waals surface area contributed by atoms with Crippen molar-refractivity contribution in [1.82, 2.24) is 20.2 Å². The van der Waals surface area contributed by atoms with Gasteiger partial charge in [0.15, 0.2) is 5.65 Å². The van der Waals surface area contributed by atoms with E-state index in [1.54, 1.807) is 36.9 Å². The summed E-state index contributed by atoms with van der Waals surface area (Å²) in [5, 5.41) is 7.84. The molecule has 0 atom stereocenters. The smallest absolute Gasteiger partial charge is 0.409 e. The Hall–Kier alpha value is -3.74. The van der Waals surface area contributed by atoms with Gasteiger partial charge in [-0.1, -0.05) is 12.1 Å². The van der Waals surface area contributed by atoms with E-state index in [0.29, 0.717) is 5.75 Å². The van der Waals surface area contributed by atoms with E-state index in [1.807, 2.05) is 24.3 Å². The highest BCUT2D eigenvalue weighted by Crippen LogP contribution is 2.29. The molecule has 122 valence electrons. The highest BCUT2D eigenvalue weighted by molar-refractivity contribution is 5.92. The molecule has 0 aliphatic heterocycles. The topological polar surface area (TPSA) is 107 Å². The van der Waals surface area contributed by atoms with E-state index in [-0.39, 0.29) is 0 Å². The number of nitrogens with zero attached hydrogens (tertiary/aromatic N) is 3. The van der Waals surface area contributed by atoms with Gasteiger partial charge in [-0.05, 0) is 35.4 Å². The number of rotatable bonds is 3. The van der Waals surface area contributed by atoms with Crippen molar-refractivity contribution in [3.05, 3.63) is 61.2 Å². The summed E-state index contributed by atoms with van der Waals surface area (Å²) >= 11 is 0. The molecule has 0 saturated heterocycles. The first kappa shape index (κ1) is 14.8. The predicted molar refractivity (Wildman–Crippen MR) is 92.8 cm³/mol. The van der Waals surface area contributed by atoms with E-state index in [2.05, 4.69) is 20.2 Å². The van der Waals surface area contributed by atoms with Crippen LogP contribution in [0.4, 0.5) is 4.79 Å². The van der Waals surface area contributed by atoms with Crippen LogP contribution < -0.4 is 10.5 Å². The monoisotopic (exact) mass is 331 g/mol. The molecule has 1 aromatic carbocycles. The Morgan fingerprint density at radius 2 is 1.80 bits per heavy atom. The number of amides is 1. The van der Waals surface area contributed by atoms with Gasteiger partial charge in [0.1, 0.15) is 5.75 Å². The quantitative estimate of drug-likeness (QED) is 0.600. The molecule has 7 heteroatoms. The lowest BCUT2D eigenvalue weighted by molar-refractivity contribution is 0.211. The van der Waals surface area contributed by atoms with Crippen LogP contribution in [0.1, 0.15) is 0 Å². The second-order valence-electron chi connectivity index (χ2n) is 5.40. The average molecular weight is 331 g/mol. The number of carbonyl (C=O) groups is 1. The van der Waals surface area contributed by atoms with E-state index < -0.39 is 6.09 Å². The minimum Gasteiger partial charge on any atom is -0.411 e. The molecule has 4 aromatic rings. The van der Waals surface area contributed by atoms with Crippen LogP contribution in [0, 0.1) is 0 Å². The number of aromatic amines is 1. The molecule has 25 heavy (non-hydrogen) atoms. The fourth-order valence-electron chi connectivity index (χ4n) is 2.68. The number of nitrogens with one attached hydrogen (secondary N) is 1. The van der Waals surface area contributed by atoms with Gasteiger partial charge < -0.3 is 10.5 Å². The van der Waals surface area contributed by atoms with Crippen molar-refractivity contribution in [3.63, 3.8) is 0 Å². The summed E-state index contributed by atoms with van der Waals surface area (Å²) in [5.41, 5.74) is 9.60. The maximum absolute atomic E-state index is 10.8. The van der Waals surface area contributed by atoms with Crippen LogP contribution in [0.5, 0.6) is 5.75 Å². The van der Waals surface area contributed by atoms with Crippen molar-refractivity contribution in [2.75, 3.05) is 0 Å². The second kappa shape index (κ2) is 6.04. The molecule has 0 aliphatic rings.